The second-order valence-corrected chi connectivity index (χ2v) is 7.57. The van der Waals surface area contributed by atoms with Crippen molar-refractivity contribution in [1.29, 1.82) is 0 Å². The molecule has 6 heteroatoms. The highest BCUT2D eigenvalue weighted by molar-refractivity contribution is 6.30. The summed E-state index contributed by atoms with van der Waals surface area (Å²) in [6, 6.07) is 21.3. The van der Waals surface area contributed by atoms with Gasteiger partial charge in [0.2, 0.25) is 0 Å². The maximum Gasteiger partial charge on any atom is 0.278 e. The van der Waals surface area contributed by atoms with E-state index in [4.69, 9.17) is 16.0 Å². The molecule has 3 heterocycles. The summed E-state index contributed by atoms with van der Waals surface area (Å²) in [5, 5.41) is 0.664. The zero-order chi connectivity index (χ0) is 20.5. The first-order valence-electron chi connectivity index (χ1n) is 9.63. The molecule has 0 fully saturated rings. The van der Waals surface area contributed by atoms with Crippen LogP contribution in [0.2, 0.25) is 5.02 Å². The number of fused-ring (bicyclic) bond motifs is 1. The van der Waals surface area contributed by atoms with Crippen LogP contribution in [0.25, 0.3) is 17.1 Å². The third-order valence-electron chi connectivity index (χ3n) is 5.05. The number of benzene rings is 2. The van der Waals surface area contributed by atoms with Crippen LogP contribution in [-0.4, -0.2) is 14.5 Å². The molecule has 0 bridgehead atoms. The first kappa shape index (κ1) is 18.5. The molecule has 0 spiro atoms. The van der Waals surface area contributed by atoms with Crippen LogP contribution < -0.4 is 5.56 Å². The van der Waals surface area contributed by atoms with E-state index in [0.29, 0.717) is 35.1 Å². The maximum absolute atomic E-state index is 13.1. The summed E-state index contributed by atoms with van der Waals surface area (Å²) in [5.41, 5.74) is 4.09. The molecule has 0 aliphatic carbocycles. The summed E-state index contributed by atoms with van der Waals surface area (Å²) < 4.78 is 7.03. The van der Waals surface area contributed by atoms with Crippen molar-refractivity contribution in [2.75, 3.05) is 0 Å². The Morgan fingerprint density at radius 3 is 2.50 bits per heavy atom. The number of H-pyrrole nitrogens is 1. The minimum absolute atomic E-state index is 0.139. The van der Waals surface area contributed by atoms with Crippen LogP contribution in [-0.2, 0) is 12.8 Å². The SMILES string of the molecule is O=c1c(Cc2ccco2)nc2c(Cc3ccccc3)[nH]c(-c3ccc(Cl)cc3)cn1-2. The molecule has 0 atom stereocenters. The molecule has 2 aliphatic rings. The van der Waals surface area contributed by atoms with E-state index in [9.17, 15) is 4.79 Å². The van der Waals surface area contributed by atoms with Gasteiger partial charge in [0.1, 0.15) is 11.5 Å². The first-order chi connectivity index (χ1) is 14.7. The van der Waals surface area contributed by atoms with E-state index in [1.54, 1.807) is 17.0 Å². The zero-order valence-electron chi connectivity index (χ0n) is 16.0. The van der Waals surface area contributed by atoms with E-state index in [1.807, 2.05) is 54.6 Å². The van der Waals surface area contributed by atoms with E-state index >= 15 is 0 Å². The van der Waals surface area contributed by atoms with Gasteiger partial charge < -0.3 is 9.40 Å². The number of nitrogens with zero attached hydrogens (tertiary/aromatic N) is 2. The first-order valence-corrected chi connectivity index (χ1v) is 10.0. The van der Waals surface area contributed by atoms with Crippen LogP contribution in [0.15, 0.2) is 88.4 Å². The summed E-state index contributed by atoms with van der Waals surface area (Å²) in [5.74, 6) is 1.34. The molecule has 0 radical (unpaired) electrons. The molecule has 2 aliphatic heterocycles. The molecule has 0 amide bonds. The van der Waals surface area contributed by atoms with Gasteiger partial charge in [0.05, 0.1) is 24.1 Å². The Bertz CT molecular complexity index is 1300. The monoisotopic (exact) mass is 415 g/mol. The van der Waals surface area contributed by atoms with Gasteiger partial charge in [-0.25, -0.2) is 4.98 Å². The number of hydrogen-bond donors (Lipinski definition) is 1. The molecule has 0 unspecified atom stereocenters. The highest BCUT2D eigenvalue weighted by Gasteiger charge is 2.21. The lowest BCUT2D eigenvalue weighted by atomic mass is 10.1. The lowest BCUT2D eigenvalue weighted by Crippen LogP contribution is -2.17. The average Bonchev–Trinajstić information content (AvgIpc) is 3.38. The highest BCUT2D eigenvalue weighted by Crippen LogP contribution is 2.25. The predicted octanol–water partition coefficient (Wildman–Crippen LogP) is 5.09. The van der Waals surface area contributed by atoms with Gasteiger partial charge in [-0.15, -0.1) is 0 Å². The van der Waals surface area contributed by atoms with Gasteiger partial charge in [-0.3, -0.25) is 9.36 Å². The Morgan fingerprint density at radius 1 is 0.967 bits per heavy atom. The Morgan fingerprint density at radius 2 is 1.77 bits per heavy atom. The lowest BCUT2D eigenvalue weighted by Gasteiger charge is -2.13. The number of hydrogen-bond acceptors (Lipinski definition) is 3. The smallest absolute Gasteiger partial charge is 0.278 e. The molecular formula is C24H18ClN3O2. The minimum Gasteiger partial charge on any atom is -0.469 e. The average molecular weight is 416 g/mol. The van der Waals surface area contributed by atoms with Crippen molar-refractivity contribution >= 4 is 11.6 Å². The molecule has 2 aromatic carbocycles. The molecule has 5 nitrogen and oxygen atoms in total. The third-order valence-corrected chi connectivity index (χ3v) is 5.30. The molecule has 0 saturated heterocycles. The van der Waals surface area contributed by atoms with Crippen LogP contribution in [0.3, 0.4) is 0 Å². The van der Waals surface area contributed by atoms with Gasteiger partial charge in [0, 0.05) is 17.6 Å². The Labute approximate surface area is 177 Å². The normalized spacial score (nSPS) is 11.2. The van der Waals surface area contributed by atoms with Crippen molar-refractivity contribution in [3.63, 3.8) is 0 Å². The summed E-state index contributed by atoms with van der Waals surface area (Å²) in [6.45, 7) is 0. The minimum atomic E-state index is -0.139. The Kier molecular flexibility index (Phi) is 4.73. The van der Waals surface area contributed by atoms with Crippen molar-refractivity contribution in [3.05, 3.63) is 117 Å². The number of aromatic nitrogens is 3. The summed E-state index contributed by atoms with van der Waals surface area (Å²) >= 11 is 6.04. The van der Waals surface area contributed by atoms with Gasteiger partial charge in [0.15, 0.2) is 5.82 Å². The van der Waals surface area contributed by atoms with Gasteiger partial charge in [0.25, 0.3) is 5.56 Å². The van der Waals surface area contributed by atoms with Crippen LogP contribution >= 0.6 is 11.6 Å². The molecule has 5 rings (SSSR count). The summed E-state index contributed by atoms with van der Waals surface area (Å²) in [7, 11) is 0. The van der Waals surface area contributed by atoms with E-state index in [0.717, 1.165) is 22.5 Å². The third kappa shape index (κ3) is 3.55. The van der Waals surface area contributed by atoms with Crippen LogP contribution in [0.4, 0.5) is 0 Å². The standard InChI is InChI=1S/C24H18ClN3O2/c25-18-10-8-17(9-11-18)22-15-28-23(20(26-22)13-16-5-2-1-3-6-16)27-21(24(28)29)14-19-7-4-12-30-19/h1-12,15,26H,13-14H2. The van der Waals surface area contributed by atoms with Crippen molar-refractivity contribution in [3.8, 4) is 17.1 Å². The van der Waals surface area contributed by atoms with Gasteiger partial charge in [-0.05, 0) is 35.4 Å². The van der Waals surface area contributed by atoms with Crippen molar-refractivity contribution in [1.82, 2.24) is 14.5 Å². The highest BCUT2D eigenvalue weighted by atomic mass is 35.5. The number of halogens is 1. The van der Waals surface area contributed by atoms with E-state index in [-0.39, 0.29) is 5.56 Å². The predicted molar refractivity (Wildman–Crippen MR) is 117 cm³/mol. The second-order valence-electron chi connectivity index (χ2n) is 7.13. The molecule has 0 saturated carbocycles. The zero-order valence-corrected chi connectivity index (χ0v) is 16.8. The van der Waals surface area contributed by atoms with Gasteiger partial charge >= 0.3 is 0 Å². The summed E-state index contributed by atoms with van der Waals surface area (Å²) in [6.07, 6.45) is 4.38. The quantitative estimate of drug-likeness (QED) is 0.434. The lowest BCUT2D eigenvalue weighted by molar-refractivity contribution is 0.519. The number of imidazole rings is 1. The van der Waals surface area contributed by atoms with Crippen LogP contribution in [0.1, 0.15) is 22.7 Å². The number of rotatable bonds is 5. The fourth-order valence-corrected chi connectivity index (χ4v) is 3.70. The number of aromatic amines is 1. The summed E-state index contributed by atoms with van der Waals surface area (Å²) in [4.78, 5) is 21.3. The fourth-order valence-electron chi connectivity index (χ4n) is 3.57. The van der Waals surface area contributed by atoms with E-state index in [2.05, 4.69) is 22.1 Å². The molecule has 1 aromatic heterocycles. The van der Waals surface area contributed by atoms with Crippen molar-refractivity contribution in [2.24, 2.45) is 0 Å². The van der Waals surface area contributed by atoms with Gasteiger partial charge in [-0.1, -0.05) is 54.1 Å². The molecule has 1 N–H and O–H groups in total. The second kappa shape index (κ2) is 7.69. The van der Waals surface area contributed by atoms with Crippen molar-refractivity contribution in [2.45, 2.75) is 12.8 Å². The van der Waals surface area contributed by atoms with Gasteiger partial charge in [-0.2, -0.15) is 0 Å². The van der Waals surface area contributed by atoms with E-state index in [1.165, 1.54) is 0 Å². The topological polar surface area (TPSA) is 63.8 Å². The fraction of sp³-hybridized carbons (Fsp3) is 0.0833. The molecule has 148 valence electrons. The van der Waals surface area contributed by atoms with E-state index < -0.39 is 0 Å². The number of nitrogens with one attached hydrogen (secondary N) is 1. The largest absolute Gasteiger partial charge is 0.469 e. The maximum atomic E-state index is 13.1. The number of furan rings is 1. The van der Waals surface area contributed by atoms with Crippen LogP contribution in [0, 0.1) is 0 Å². The Balaban J connectivity index is 1.66. The van der Waals surface area contributed by atoms with Crippen molar-refractivity contribution < 1.29 is 4.42 Å². The molecule has 3 aromatic rings. The van der Waals surface area contributed by atoms with Crippen LogP contribution in [0.5, 0.6) is 0 Å². The molecular weight excluding hydrogens is 398 g/mol. The molecule has 30 heavy (non-hydrogen) atoms. The Hall–Kier alpha value is -3.57.